The highest BCUT2D eigenvalue weighted by atomic mass is 16.6. The van der Waals surface area contributed by atoms with Crippen LogP contribution < -0.4 is 0 Å². The summed E-state index contributed by atoms with van der Waals surface area (Å²) in [7, 11) is 0. The molecule has 4 heteroatoms. The number of aromatic nitrogens is 1. The standard InChI is InChI=1S/C16H12N2O2/c1-11-4-2-3-5-13(11)15-18-14(16(19)20-15)10-12-6-8-17-9-7-12/h2-10H,1H3/b14-10+. The molecule has 20 heavy (non-hydrogen) atoms. The monoisotopic (exact) mass is 264 g/mol. The number of carbonyl (C=O) groups is 1. The van der Waals surface area contributed by atoms with E-state index in [0.717, 1.165) is 16.7 Å². The third-order valence-electron chi connectivity index (χ3n) is 3.01. The lowest BCUT2D eigenvalue weighted by Crippen LogP contribution is -2.06. The lowest BCUT2D eigenvalue weighted by molar-refractivity contribution is -0.129. The second kappa shape index (κ2) is 5.09. The zero-order valence-corrected chi connectivity index (χ0v) is 10.9. The molecule has 0 aliphatic carbocycles. The predicted octanol–water partition coefficient (Wildman–Crippen LogP) is 2.73. The molecular formula is C16H12N2O2. The van der Waals surface area contributed by atoms with Gasteiger partial charge >= 0.3 is 5.97 Å². The lowest BCUT2D eigenvalue weighted by atomic mass is 10.1. The maximum Gasteiger partial charge on any atom is 0.363 e. The Morgan fingerprint density at radius 1 is 1.10 bits per heavy atom. The average Bonchev–Trinajstić information content (AvgIpc) is 2.81. The van der Waals surface area contributed by atoms with Gasteiger partial charge in [0.05, 0.1) is 0 Å². The molecule has 1 aromatic carbocycles. The molecule has 0 unspecified atom stereocenters. The first kappa shape index (κ1) is 12.3. The minimum Gasteiger partial charge on any atom is -0.402 e. The summed E-state index contributed by atoms with van der Waals surface area (Å²) in [6.07, 6.45) is 5.02. The van der Waals surface area contributed by atoms with E-state index in [1.807, 2.05) is 43.3 Å². The van der Waals surface area contributed by atoms with E-state index in [0.29, 0.717) is 11.6 Å². The van der Waals surface area contributed by atoms with Crippen molar-refractivity contribution < 1.29 is 9.53 Å². The number of cyclic esters (lactones) is 1. The second-order valence-corrected chi connectivity index (χ2v) is 4.43. The fourth-order valence-corrected chi connectivity index (χ4v) is 1.95. The number of hydrogen-bond donors (Lipinski definition) is 0. The van der Waals surface area contributed by atoms with E-state index in [2.05, 4.69) is 9.98 Å². The van der Waals surface area contributed by atoms with Crippen LogP contribution in [-0.4, -0.2) is 16.9 Å². The van der Waals surface area contributed by atoms with Crippen molar-refractivity contribution in [2.75, 3.05) is 0 Å². The molecule has 0 atom stereocenters. The van der Waals surface area contributed by atoms with Crippen LogP contribution in [0.25, 0.3) is 6.08 Å². The van der Waals surface area contributed by atoms with Gasteiger partial charge in [-0.1, -0.05) is 18.2 Å². The smallest absolute Gasteiger partial charge is 0.363 e. The van der Waals surface area contributed by atoms with Crippen LogP contribution in [0.2, 0.25) is 0 Å². The summed E-state index contributed by atoms with van der Waals surface area (Å²) in [6, 6.07) is 11.3. The highest BCUT2D eigenvalue weighted by molar-refractivity contribution is 6.13. The summed E-state index contributed by atoms with van der Waals surface area (Å²) in [4.78, 5) is 20.1. The molecule has 98 valence electrons. The highest BCUT2D eigenvalue weighted by Crippen LogP contribution is 2.20. The van der Waals surface area contributed by atoms with Crippen LogP contribution in [-0.2, 0) is 9.53 Å². The van der Waals surface area contributed by atoms with Crippen LogP contribution >= 0.6 is 0 Å². The van der Waals surface area contributed by atoms with Crippen LogP contribution in [0.5, 0.6) is 0 Å². The first-order valence-corrected chi connectivity index (χ1v) is 6.22. The molecule has 0 bridgehead atoms. The van der Waals surface area contributed by atoms with E-state index in [4.69, 9.17) is 4.74 Å². The summed E-state index contributed by atoms with van der Waals surface area (Å²) < 4.78 is 5.24. The number of hydrogen-bond acceptors (Lipinski definition) is 4. The molecule has 0 saturated heterocycles. The van der Waals surface area contributed by atoms with E-state index in [-0.39, 0.29) is 0 Å². The fraction of sp³-hybridized carbons (Fsp3) is 0.0625. The zero-order chi connectivity index (χ0) is 13.9. The number of carbonyl (C=O) groups excluding carboxylic acids is 1. The van der Waals surface area contributed by atoms with Crippen LogP contribution in [0.4, 0.5) is 0 Å². The molecule has 4 nitrogen and oxygen atoms in total. The number of aryl methyl sites for hydroxylation is 1. The van der Waals surface area contributed by atoms with Crippen molar-refractivity contribution in [3.8, 4) is 0 Å². The van der Waals surface area contributed by atoms with Gasteiger partial charge < -0.3 is 4.74 Å². The Labute approximate surface area is 116 Å². The summed E-state index contributed by atoms with van der Waals surface area (Å²) in [5.74, 6) is -0.0755. The van der Waals surface area contributed by atoms with Gasteiger partial charge in [0.2, 0.25) is 5.90 Å². The molecular weight excluding hydrogens is 252 g/mol. The van der Waals surface area contributed by atoms with Crippen molar-refractivity contribution in [3.05, 3.63) is 71.2 Å². The molecule has 0 amide bonds. The van der Waals surface area contributed by atoms with Crippen molar-refractivity contribution in [1.82, 2.24) is 4.98 Å². The molecule has 1 aliphatic heterocycles. The third-order valence-corrected chi connectivity index (χ3v) is 3.01. The van der Waals surface area contributed by atoms with Gasteiger partial charge in [-0.05, 0) is 42.3 Å². The molecule has 0 radical (unpaired) electrons. The Balaban J connectivity index is 1.98. The lowest BCUT2D eigenvalue weighted by Gasteiger charge is -2.02. The van der Waals surface area contributed by atoms with Crippen molar-refractivity contribution in [1.29, 1.82) is 0 Å². The molecule has 1 aromatic heterocycles. The van der Waals surface area contributed by atoms with Crippen LogP contribution in [0.3, 0.4) is 0 Å². The van der Waals surface area contributed by atoms with Gasteiger partial charge in [0.25, 0.3) is 0 Å². The fourth-order valence-electron chi connectivity index (χ4n) is 1.95. The summed E-state index contributed by atoms with van der Waals surface area (Å²) in [5.41, 5.74) is 3.01. The molecule has 0 N–H and O–H groups in total. The zero-order valence-electron chi connectivity index (χ0n) is 10.9. The number of rotatable bonds is 2. The normalized spacial score (nSPS) is 16.1. The van der Waals surface area contributed by atoms with E-state index in [1.54, 1.807) is 18.5 Å². The van der Waals surface area contributed by atoms with Crippen LogP contribution in [0.15, 0.2) is 59.5 Å². The number of nitrogens with zero attached hydrogens (tertiary/aromatic N) is 2. The second-order valence-electron chi connectivity index (χ2n) is 4.43. The Morgan fingerprint density at radius 3 is 2.60 bits per heavy atom. The van der Waals surface area contributed by atoms with Gasteiger partial charge in [-0.3, -0.25) is 4.98 Å². The number of ether oxygens (including phenoxy) is 1. The maximum atomic E-state index is 11.9. The first-order chi connectivity index (χ1) is 9.74. The Bertz CT molecular complexity index is 718. The molecule has 2 heterocycles. The Morgan fingerprint density at radius 2 is 1.85 bits per heavy atom. The van der Waals surface area contributed by atoms with Crippen molar-refractivity contribution >= 4 is 17.9 Å². The van der Waals surface area contributed by atoms with Crippen molar-refractivity contribution in [3.63, 3.8) is 0 Å². The van der Waals surface area contributed by atoms with E-state index in [9.17, 15) is 4.79 Å². The van der Waals surface area contributed by atoms with Gasteiger partial charge in [-0.2, -0.15) is 0 Å². The Hall–Kier alpha value is -2.75. The molecule has 0 fully saturated rings. The predicted molar refractivity (Wildman–Crippen MR) is 76.0 cm³/mol. The SMILES string of the molecule is Cc1ccccc1C1=N/C(=C/c2ccncc2)C(=O)O1. The van der Waals surface area contributed by atoms with E-state index >= 15 is 0 Å². The minimum absolute atomic E-state index is 0.300. The largest absolute Gasteiger partial charge is 0.402 e. The van der Waals surface area contributed by atoms with Gasteiger partial charge in [0.1, 0.15) is 0 Å². The molecule has 2 aromatic rings. The van der Waals surface area contributed by atoms with Crippen LogP contribution in [0, 0.1) is 6.92 Å². The minimum atomic E-state index is -0.430. The molecule has 1 aliphatic rings. The average molecular weight is 264 g/mol. The molecule has 3 rings (SSSR count). The molecule has 0 spiro atoms. The maximum absolute atomic E-state index is 11.9. The van der Waals surface area contributed by atoms with Crippen molar-refractivity contribution in [2.45, 2.75) is 6.92 Å². The number of pyridine rings is 1. The summed E-state index contributed by atoms with van der Waals surface area (Å²) in [5, 5.41) is 0. The number of esters is 1. The van der Waals surface area contributed by atoms with Gasteiger partial charge in [-0.25, -0.2) is 9.79 Å². The van der Waals surface area contributed by atoms with E-state index < -0.39 is 5.97 Å². The quantitative estimate of drug-likeness (QED) is 0.619. The van der Waals surface area contributed by atoms with Gasteiger partial charge in [0.15, 0.2) is 5.70 Å². The third kappa shape index (κ3) is 2.36. The summed E-state index contributed by atoms with van der Waals surface area (Å²) >= 11 is 0. The highest BCUT2D eigenvalue weighted by Gasteiger charge is 2.24. The number of benzene rings is 1. The van der Waals surface area contributed by atoms with Crippen LogP contribution in [0.1, 0.15) is 16.7 Å². The topological polar surface area (TPSA) is 51.5 Å². The molecule has 0 saturated carbocycles. The van der Waals surface area contributed by atoms with Crippen molar-refractivity contribution in [2.24, 2.45) is 4.99 Å². The Kier molecular flexibility index (Phi) is 3.13. The first-order valence-electron chi connectivity index (χ1n) is 6.22. The van der Waals surface area contributed by atoms with Gasteiger partial charge in [-0.15, -0.1) is 0 Å². The summed E-state index contributed by atoms with van der Waals surface area (Å²) in [6.45, 7) is 1.95. The van der Waals surface area contributed by atoms with E-state index in [1.165, 1.54) is 0 Å². The van der Waals surface area contributed by atoms with Gasteiger partial charge in [0, 0.05) is 18.0 Å². The number of aliphatic imine (C=N–C) groups is 1.